The molecule has 4 rings (SSSR count). The molecule has 2 aliphatic heterocycles. The molecular formula is C19H23ClFN3. The Hall–Kier alpha value is -1.65. The maximum Gasteiger partial charge on any atom is 0.123 e. The zero-order valence-corrected chi connectivity index (χ0v) is 14.4. The number of pyridine rings is 1. The fraction of sp³-hybridized carbons (Fsp3) is 0.421. The Morgan fingerprint density at radius 3 is 3.04 bits per heavy atom. The zero-order chi connectivity index (χ0) is 15.6. The zero-order valence-electron chi connectivity index (χ0n) is 13.6. The van der Waals surface area contributed by atoms with E-state index < -0.39 is 0 Å². The van der Waals surface area contributed by atoms with Gasteiger partial charge in [-0.3, -0.25) is 4.98 Å². The Bertz CT molecular complexity index is 680. The van der Waals surface area contributed by atoms with Crippen LogP contribution in [0.4, 0.5) is 10.1 Å². The molecule has 1 aromatic carbocycles. The van der Waals surface area contributed by atoms with Gasteiger partial charge in [-0.05, 0) is 61.2 Å². The molecule has 0 bridgehead atoms. The highest BCUT2D eigenvalue weighted by Crippen LogP contribution is 2.40. The van der Waals surface area contributed by atoms with Crippen LogP contribution in [0.1, 0.15) is 29.9 Å². The van der Waals surface area contributed by atoms with Gasteiger partial charge in [-0.2, -0.15) is 0 Å². The predicted molar refractivity (Wildman–Crippen MR) is 97.4 cm³/mol. The summed E-state index contributed by atoms with van der Waals surface area (Å²) in [4.78, 5) is 6.70. The Kier molecular flexibility index (Phi) is 5.36. The number of nitrogens with zero attached hydrogens (tertiary/aromatic N) is 2. The normalized spacial score (nSPS) is 22.2. The molecule has 0 amide bonds. The highest BCUT2D eigenvalue weighted by molar-refractivity contribution is 5.85. The van der Waals surface area contributed by atoms with Crippen molar-refractivity contribution < 1.29 is 4.39 Å². The molecule has 0 spiro atoms. The molecule has 3 heterocycles. The second-order valence-electron chi connectivity index (χ2n) is 6.64. The van der Waals surface area contributed by atoms with Crippen LogP contribution in [0.3, 0.4) is 0 Å². The number of rotatable bonds is 4. The van der Waals surface area contributed by atoms with Crippen LogP contribution in [0.2, 0.25) is 0 Å². The highest BCUT2D eigenvalue weighted by atomic mass is 35.5. The van der Waals surface area contributed by atoms with Gasteiger partial charge in [-0.15, -0.1) is 12.4 Å². The standard InChI is InChI=1S/C19H22FN3.ClH/c20-15-5-6-18-16(11-15)17-13-23(10-7-19(17)22-18)9-2-4-14-3-1-8-21-12-14;/h1,3,5-6,8,11-12,17,19,22H,2,4,7,9-10,13H2;1H. The van der Waals surface area contributed by atoms with Gasteiger partial charge in [0.05, 0.1) is 0 Å². The summed E-state index contributed by atoms with van der Waals surface area (Å²) < 4.78 is 13.6. The van der Waals surface area contributed by atoms with Crippen LogP contribution in [0, 0.1) is 5.82 Å². The van der Waals surface area contributed by atoms with Gasteiger partial charge in [0.1, 0.15) is 5.82 Å². The molecule has 2 atom stereocenters. The van der Waals surface area contributed by atoms with E-state index in [1.807, 2.05) is 24.5 Å². The van der Waals surface area contributed by atoms with Crippen molar-refractivity contribution in [2.45, 2.75) is 31.2 Å². The van der Waals surface area contributed by atoms with Crippen molar-refractivity contribution in [3.63, 3.8) is 0 Å². The third kappa shape index (κ3) is 3.55. The van der Waals surface area contributed by atoms with E-state index in [1.165, 1.54) is 5.56 Å². The molecule has 1 aromatic heterocycles. The first-order chi connectivity index (χ1) is 11.3. The van der Waals surface area contributed by atoms with E-state index in [9.17, 15) is 4.39 Å². The largest absolute Gasteiger partial charge is 0.381 e. The van der Waals surface area contributed by atoms with Crippen LogP contribution in [-0.2, 0) is 6.42 Å². The fourth-order valence-corrected chi connectivity index (χ4v) is 3.93. The number of nitrogens with one attached hydrogen (secondary N) is 1. The van der Waals surface area contributed by atoms with Crippen LogP contribution in [0.5, 0.6) is 0 Å². The van der Waals surface area contributed by atoms with Gasteiger partial charge in [0.15, 0.2) is 0 Å². The van der Waals surface area contributed by atoms with Gasteiger partial charge in [0.2, 0.25) is 0 Å². The lowest BCUT2D eigenvalue weighted by Gasteiger charge is -2.35. The second-order valence-corrected chi connectivity index (χ2v) is 6.64. The van der Waals surface area contributed by atoms with Gasteiger partial charge in [0.25, 0.3) is 0 Å². The first-order valence-corrected chi connectivity index (χ1v) is 8.47. The van der Waals surface area contributed by atoms with Crippen LogP contribution in [0.25, 0.3) is 0 Å². The predicted octanol–water partition coefficient (Wildman–Crippen LogP) is 3.86. The number of hydrogen-bond acceptors (Lipinski definition) is 3. The molecule has 1 saturated heterocycles. The van der Waals surface area contributed by atoms with E-state index in [4.69, 9.17) is 0 Å². The summed E-state index contributed by atoms with van der Waals surface area (Å²) in [5, 5.41) is 3.56. The first-order valence-electron chi connectivity index (χ1n) is 8.47. The molecule has 3 nitrogen and oxygen atoms in total. The molecule has 0 aliphatic carbocycles. The summed E-state index contributed by atoms with van der Waals surface area (Å²) in [6.45, 7) is 3.25. The maximum absolute atomic E-state index is 13.6. The van der Waals surface area contributed by atoms with E-state index in [1.54, 1.807) is 12.1 Å². The Balaban J connectivity index is 0.00000169. The van der Waals surface area contributed by atoms with Gasteiger partial charge < -0.3 is 10.2 Å². The molecule has 1 fully saturated rings. The molecule has 24 heavy (non-hydrogen) atoms. The second kappa shape index (κ2) is 7.49. The lowest BCUT2D eigenvalue weighted by atomic mass is 9.89. The molecule has 0 saturated carbocycles. The number of piperidine rings is 1. The number of halogens is 2. The fourth-order valence-electron chi connectivity index (χ4n) is 3.93. The number of likely N-dealkylation sites (tertiary alicyclic amines) is 1. The average molecular weight is 348 g/mol. The van der Waals surface area contributed by atoms with E-state index >= 15 is 0 Å². The van der Waals surface area contributed by atoms with E-state index in [2.05, 4.69) is 21.3 Å². The van der Waals surface area contributed by atoms with Gasteiger partial charge in [0, 0.05) is 43.1 Å². The van der Waals surface area contributed by atoms with Crippen LogP contribution in [-0.4, -0.2) is 35.6 Å². The van der Waals surface area contributed by atoms with Crippen molar-refractivity contribution in [3.05, 3.63) is 59.7 Å². The monoisotopic (exact) mass is 347 g/mol. The van der Waals surface area contributed by atoms with Crippen molar-refractivity contribution in [1.29, 1.82) is 0 Å². The number of aryl methyl sites for hydroxylation is 1. The molecule has 128 valence electrons. The highest BCUT2D eigenvalue weighted by Gasteiger charge is 2.36. The van der Waals surface area contributed by atoms with Crippen molar-refractivity contribution >= 4 is 18.1 Å². The number of aromatic nitrogens is 1. The third-order valence-corrected chi connectivity index (χ3v) is 5.11. The molecule has 5 heteroatoms. The van der Waals surface area contributed by atoms with E-state index in [-0.39, 0.29) is 18.2 Å². The molecule has 1 N–H and O–H groups in total. The van der Waals surface area contributed by atoms with E-state index in [0.29, 0.717) is 12.0 Å². The lowest BCUT2D eigenvalue weighted by Crippen LogP contribution is -2.42. The average Bonchev–Trinajstić information content (AvgIpc) is 2.93. The Labute approximate surface area is 148 Å². The number of benzene rings is 1. The lowest BCUT2D eigenvalue weighted by molar-refractivity contribution is 0.200. The molecule has 2 aliphatic rings. The van der Waals surface area contributed by atoms with Crippen molar-refractivity contribution in [2.24, 2.45) is 0 Å². The molecule has 2 unspecified atom stereocenters. The number of anilines is 1. The van der Waals surface area contributed by atoms with Crippen molar-refractivity contribution in [1.82, 2.24) is 9.88 Å². The number of hydrogen-bond donors (Lipinski definition) is 1. The first kappa shape index (κ1) is 17.2. The maximum atomic E-state index is 13.6. The third-order valence-electron chi connectivity index (χ3n) is 5.11. The Morgan fingerprint density at radius 2 is 2.21 bits per heavy atom. The van der Waals surface area contributed by atoms with E-state index in [0.717, 1.165) is 50.1 Å². The van der Waals surface area contributed by atoms with Gasteiger partial charge >= 0.3 is 0 Å². The minimum absolute atomic E-state index is 0. The quantitative estimate of drug-likeness (QED) is 0.910. The smallest absolute Gasteiger partial charge is 0.123 e. The minimum atomic E-state index is -0.125. The SMILES string of the molecule is Cl.Fc1ccc2c(c1)C1CN(CCCc3cccnc3)CCC1N2. The summed E-state index contributed by atoms with van der Waals surface area (Å²) >= 11 is 0. The molecular weight excluding hydrogens is 325 g/mol. The minimum Gasteiger partial charge on any atom is -0.381 e. The summed E-state index contributed by atoms with van der Waals surface area (Å²) in [5.41, 5.74) is 3.59. The summed E-state index contributed by atoms with van der Waals surface area (Å²) in [6, 6.07) is 9.76. The van der Waals surface area contributed by atoms with Gasteiger partial charge in [-0.1, -0.05) is 6.07 Å². The topological polar surface area (TPSA) is 28.2 Å². The summed E-state index contributed by atoms with van der Waals surface area (Å²) in [6.07, 6.45) is 7.12. The van der Waals surface area contributed by atoms with Crippen molar-refractivity contribution in [2.75, 3.05) is 25.0 Å². The van der Waals surface area contributed by atoms with Crippen LogP contribution in [0.15, 0.2) is 42.7 Å². The Morgan fingerprint density at radius 1 is 1.29 bits per heavy atom. The molecule has 0 radical (unpaired) electrons. The number of fused-ring (bicyclic) bond motifs is 3. The summed E-state index contributed by atoms with van der Waals surface area (Å²) in [7, 11) is 0. The van der Waals surface area contributed by atoms with Crippen LogP contribution >= 0.6 is 12.4 Å². The van der Waals surface area contributed by atoms with Crippen LogP contribution < -0.4 is 5.32 Å². The van der Waals surface area contributed by atoms with Crippen molar-refractivity contribution in [3.8, 4) is 0 Å². The summed E-state index contributed by atoms with van der Waals surface area (Å²) in [5.74, 6) is 0.299. The van der Waals surface area contributed by atoms with Gasteiger partial charge in [-0.25, -0.2) is 4.39 Å². The molecule has 2 aromatic rings.